The fourth-order valence-corrected chi connectivity index (χ4v) is 2.57. The van der Waals surface area contributed by atoms with Crippen LogP contribution in [-0.4, -0.2) is 37.0 Å². The first-order chi connectivity index (χ1) is 8.75. The standard InChI is InChI=1S/C15H27NO2/c1-12-5-2-3-6-13(12)10-18-11-15(17)9-16-14-7-4-8-14/h2-3,12-17H,4-11H2,1H3. The zero-order chi connectivity index (χ0) is 12.8. The molecule has 1 saturated carbocycles. The van der Waals surface area contributed by atoms with E-state index in [4.69, 9.17) is 4.74 Å². The second-order valence-electron chi connectivity index (χ2n) is 5.91. The molecule has 0 radical (unpaired) electrons. The highest BCUT2D eigenvalue weighted by Gasteiger charge is 2.20. The normalized spacial score (nSPS) is 30.1. The average Bonchev–Trinajstić information content (AvgIpc) is 2.30. The van der Waals surface area contributed by atoms with Crippen molar-refractivity contribution >= 4 is 0 Å². The summed E-state index contributed by atoms with van der Waals surface area (Å²) in [5.41, 5.74) is 0. The molecule has 104 valence electrons. The SMILES string of the molecule is CC1CC=CCC1COCC(O)CNC1CCC1. The lowest BCUT2D eigenvalue weighted by Gasteiger charge is -2.28. The highest BCUT2D eigenvalue weighted by atomic mass is 16.5. The predicted molar refractivity (Wildman–Crippen MR) is 73.5 cm³/mol. The molecule has 0 aromatic carbocycles. The fraction of sp³-hybridized carbons (Fsp3) is 0.867. The summed E-state index contributed by atoms with van der Waals surface area (Å²) in [6.07, 6.45) is 10.3. The maximum absolute atomic E-state index is 9.81. The van der Waals surface area contributed by atoms with Crippen LogP contribution < -0.4 is 5.32 Å². The van der Waals surface area contributed by atoms with Crippen molar-refractivity contribution in [1.29, 1.82) is 0 Å². The van der Waals surface area contributed by atoms with Gasteiger partial charge < -0.3 is 15.2 Å². The Balaban J connectivity index is 1.52. The molecule has 2 N–H and O–H groups in total. The minimum atomic E-state index is -0.361. The third-order valence-corrected chi connectivity index (χ3v) is 4.31. The van der Waals surface area contributed by atoms with Crippen molar-refractivity contribution < 1.29 is 9.84 Å². The van der Waals surface area contributed by atoms with E-state index in [2.05, 4.69) is 24.4 Å². The summed E-state index contributed by atoms with van der Waals surface area (Å²) in [7, 11) is 0. The predicted octanol–water partition coefficient (Wildman–Crippen LogP) is 2.11. The van der Waals surface area contributed by atoms with Crippen LogP contribution in [0.25, 0.3) is 0 Å². The highest BCUT2D eigenvalue weighted by Crippen LogP contribution is 2.25. The summed E-state index contributed by atoms with van der Waals surface area (Å²) in [6, 6.07) is 0.642. The second-order valence-corrected chi connectivity index (χ2v) is 5.91. The number of hydrogen-bond acceptors (Lipinski definition) is 3. The van der Waals surface area contributed by atoms with Gasteiger partial charge in [-0.3, -0.25) is 0 Å². The molecule has 3 unspecified atom stereocenters. The van der Waals surface area contributed by atoms with E-state index >= 15 is 0 Å². The molecule has 0 aromatic heterocycles. The smallest absolute Gasteiger partial charge is 0.0897 e. The Labute approximate surface area is 111 Å². The number of hydrogen-bond donors (Lipinski definition) is 2. The van der Waals surface area contributed by atoms with Crippen LogP contribution in [0.15, 0.2) is 12.2 Å². The van der Waals surface area contributed by atoms with Gasteiger partial charge in [-0.25, -0.2) is 0 Å². The molecule has 2 aliphatic rings. The van der Waals surface area contributed by atoms with Crippen LogP contribution in [0.1, 0.15) is 39.0 Å². The minimum absolute atomic E-state index is 0.361. The second kappa shape index (κ2) is 7.27. The maximum atomic E-state index is 9.81. The third kappa shape index (κ3) is 4.38. The molecular formula is C15H27NO2. The van der Waals surface area contributed by atoms with Gasteiger partial charge in [-0.05, 0) is 37.5 Å². The molecule has 0 amide bonds. The van der Waals surface area contributed by atoms with Crippen LogP contribution in [-0.2, 0) is 4.74 Å². The molecule has 0 spiro atoms. The van der Waals surface area contributed by atoms with E-state index in [1.807, 2.05) is 0 Å². The van der Waals surface area contributed by atoms with Gasteiger partial charge in [0.1, 0.15) is 0 Å². The van der Waals surface area contributed by atoms with E-state index in [9.17, 15) is 5.11 Å². The summed E-state index contributed by atoms with van der Waals surface area (Å²) in [5.74, 6) is 1.34. The molecule has 0 aliphatic heterocycles. The van der Waals surface area contributed by atoms with Crippen molar-refractivity contribution in [2.24, 2.45) is 11.8 Å². The Morgan fingerprint density at radius 1 is 1.33 bits per heavy atom. The Hall–Kier alpha value is -0.380. The van der Waals surface area contributed by atoms with Crippen LogP contribution in [0.3, 0.4) is 0 Å². The molecular weight excluding hydrogens is 226 g/mol. The first-order valence-electron chi connectivity index (χ1n) is 7.40. The van der Waals surface area contributed by atoms with Gasteiger partial charge in [0, 0.05) is 12.6 Å². The van der Waals surface area contributed by atoms with Crippen LogP contribution in [0, 0.1) is 11.8 Å². The molecule has 0 saturated heterocycles. The monoisotopic (exact) mass is 253 g/mol. The minimum Gasteiger partial charge on any atom is -0.389 e. The molecule has 0 aromatic rings. The molecule has 0 heterocycles. The molecule has 3 atom stereocenters. The lowest BCUT2D eigenvalue weighted by molar-refractivity contribution is 0.0109. The van der Waals surface area contributed by atoms with Crippen molar-refractivity contribution in [2.45, 2.75) is 51.2 Å². The molecule has 0 bridgehead atoms. The van der Waals surface area contributed by atoms with Crippen molar-refractivity contribution in [3.63, 3.8) is 0 Å². The van der Waals surface area contributed by atoms with E-state index in [1.54, 1.807) is 0 Å². The Morgan fingerprint density at radius 3 is 2.78 bits per heavy atom. The molecule has 18 heavy (non-hydrogen) atoms. The number of aliphatic hydroxyl groups excluding tert-OH is 1. The highest BCUT2D eigenvalue weighted by molar-refractivity contribution is 4.93. The molecule has 2 rings (SSSR count). The van der Waals surface area contributed by atoms with Crippen LogP contribution in [0.4, 0.5) is 0 Å². The first-order valence-corrected chi connectivity index (χ1v) is 7.40. The summed E-state index contributed by atoms with van der Waals surface area (Å²) >= 11 is 0. The van der Waals surface area contributed by atoms with Crippen LogP contribution >= 0.6 is 0 Å². The van der Waals surface area contributed by atoms with E-state index in [0.717, 1.165) is 13.0 Å². The van der Waals surface area contributed by atoms with Crippen molar-refractivity contribution in [1.82, 2.24) is 5.32 Å². The number of allylic oxidation sites excluding steroid dienone is 2. The lowest BCUT2D eigenvalue weighted by atomic mass is 9.85. The number of nitrogens with one attached hydrogen (secondary N) is 1. The van der Waals surface area contributed by atoms with Gasteiger partial charge >= 0.3 is 0 Å². The van der Waals surface area contributed by atoms with Gasteiger partial charge in [0.2, 0.25) is 0 Å². The topological polar surface area (TPSA) is 41.5 Å². The summed E-state index contributed by atoms with van der Waals surface area (Å²) < 4.78 is 5.67. The lowest BCUT2D eigenvalue weighted by Crippen LogP contribution is -2.41. The Kier molecular flexibility index (Phi) is 5.67. The van der Waals surface area contributed by atoms with E-state index in [1.165, 1.54) is 25.7 Å². The van der Waals surface area contributed by atoms with Crippen LogP contribution in [0.5, 0.6) is 0 Å². The summed E-state index contributed by atoms with van der Waals surface area (Å²) in [5, 5.41) is 13.2. The number of aliphatic hydroxyl groups is 1. The average molecular weight is 253 g/mol. The molecule has 1 fully saturated rings. The van der Waals surface area contributed by atoms with E-state index in [0.29, 0.717) is 31.0 Å². The zero-order valence-corrected chi connectivity index (χ0v) is 11.5. The maximum Gasteiger partial charge on any atom is 0.0897 e. The van der Waals surface area contributed by atoms with E-state index in [-0.39, 0.29) is 6.10 Å². The fourth-order valence-electron chi connectivity index (χ4n) is 2.57. The Bertz CT molecular complexity index is 263. The molecule has 2 aliphatic carbocycles. The number of rotatable bonds is 7. The summed E-state index contributed by atoms with van der Waals surface area (Å²) in [4.78, 5) is 0. The van der Waals surface area contributed by atoms with E-state index < -0.39 is 0 Å². The van der Waals surface area contributed by atoms with Crippen molar-refractivity contribution in [2.75, 3.05) is 19.8 Å². The first kappa shape index (κ1) is 14.0. The van der Waals surface area contributed by atoms with Gasteiger partial charge in [0.05, 0.1) is 19.3 Å². The molecule has 3 nitrogen and oxygen atoms in total. The molecule has 3 heteroatoms. The van der Waals surface area contributed by atoms with Gasteiger partial charge in [-0.2, -0.15) is 0 Å². The van der Waals surface area contributed by atoms with Crippen molar-refractivity contribution in [3.8, 4) is 0 Å². The van der Waals surface area contributed by atoms with Crippen molar-refractivity contribution in [3.05, 3.63) is 12.2 Å². The zero-order valence-electron chi connectivity index (χ0n) is 11.5. The van der Waals surface area contributed by atoms with Gasteiger partial charge in [-0.1, -0.05) is 25.5 Å². The van der Waals surface area contributed by atoms with Gasteiger partial charge in [0.15, 0.2) is 0 Å². The number of ether oxygens (including phenoxy) is 1. The van der Waals surface area contributed by atoms with Gasteiger partial charge in [-0.15, -0.1) is 0 Å². The quantitative estimate of drug-likeness (QED) is 0.683. The van der Waals surface area contributed by atoms with Gasteiger partial charge in [0.25, 0.3) is 0 Å². The Morgan fingerprint density at radius 2 is 2.11 bits per heavy atom. The third-order valence-electron chi connectivity index (χ3n) is 4.31. The largest absolute Gasteiger partial charge is 0.389 e. The summed E-state index contributed by atoms with van der Waals surface area (Å²) in [6.45, 7) is 4.20. The van der Waals surface area contributed by atoms with Crippen LogP contribution in [0.2, 0.25) is 0 Å².